The van der Waals surface area contributed by atoms with Gasteiger partial charge < -0.3 is 5.32 Å². The minimum absolute atomic E-state index is 0.133. The average Bonchev–Trinajstić information content (AvgIpc) is 2.64. The van der Waals surface area contributed by atoms with Gasteiger partial charge in [0.2, 0.25) is 0 Å². The second-order valence-corrected chi connectivity index (χ2v) is 6.41. The maximum absolute atomic E-state index is 12.8. The Morgan fingerprint density at radius 3 is 2.56 bits per heavy atom. The van der Waals surface area contributed by atoms with E-state index in [0.29, 0.717) is 12.4 Å². The fourth-order valence-electron chi connectivity index (χ4n) is 2.76. The second kappa shape index (κ2) is 7.34. The lowest BCUT2D eigenvalue weighted by Crippen LogP contribution is -2.24. The van der Waals surface area contributed by atoms with E-state index in [1.54, 1.807) is 17.0 Å². The highest BCUT2D eigenvalue weighted by Gasteiger charge is 2.10. The predicted octanol–water partition coefficient (Wildman–Crippen LogP) is 4.06. The van der Waals surface area contributed by atoms with E-state index in [0.717, 1.165) is 11.3 Å². The summed E-state index contributed by atoms with van der Waals surface area (Å²) in [6.45, 7) is 6.90. The molecule has 1 aromatic heterocycles. The Kier molecular flexibility index (Phi) is 4.98. The highest BCUT2D eigenvalue weighted by molar-refractivity contribution is 5.42. The van der Waals surface area contributed by atoms with Crippen LogP contribution in [0.1, 0.15) is 29.5 Å². The number of hydrogen-bond donors (Lipinski definition) is 1. The van der Waals surface area contributed by atoms with Crippen molar-refractivity contribution in [2.45, 2.75) is 26.7 Å². The van der Waals surface area contributed by atoms with Gasteiger partial charge in [-0.05, 0) is 48.6 Å². The monoisotopic (exact) mass is 333 g/mol. The molecule has 4 heteroatoms. The van der Waals surface area contributed by atoms with Crippen molar-refractivity contribution in [3.63, 3.8) is 0 Å². The van der Waals surface area contributed by atoms with Gasteiger partial charge in [-0.15, -0.1) is 0 Å². The number of hydrogen-bond acceptors (Lipinski definition) is 3. The lowest BCUT2D eigenvalue weighted by molar-refractivity contribution is 0.796. The smallest absolute Gasteiger partial charge is 0.297 e. The molecule has 0 unspecified atom stereocenters. The number of rotatable bonds is 5. The lowest BCUT2D eigenvalue weighted by Gasteiger charge is -2.14. The number of nitrogens with one attached hydrogen (secondary N) is 1. The van der Waals surface area contributed by atoms with Gasteiger partial charge in [0.25, 0.3) is 5.56 Å². The fourth-order valence-corrected chi connectivity index (χ4v) is 2.76. The minimum Gasteiger partial charge on any atom is -0.365 e. The maximum Gasteiger partial charge on any atom is 0.297 e. The summed E-state index contributed by atoms with van der Waals surface area (Å²) in [5, 5.41) is 3.20. The summed E-state index contributed by atoms with van der Waals surface area (Å²) in [5.74, 6) is 0.668. The van der Waals surface area contributed by atoms with E-state index in [2.05, 4.69) is 36.3 Å². The summed E-state index contributed by atoms with van der Waals surface area (Å²) in [6, 6.07) is 16.3. The van der Waals surface area contributed by atoms with Crippen LogP contribution in [0.2, 0.25) is 0 Å². The van der Waals surface area contributed by atoms with Crippen LogP contribution < -0.4 is 10.9 Å². The van der Waals surface area contributed by atoms with Crippen molar-refractivity contribution in [3.05, 3.63) is 88.0 Å². The summed E-state index contributed by atoms with van der Waals surface area (Å²) < 4.78 is 1.63. The quantitative estimate of drug-likeness (QED) is 0.766. The molecule has 0 fully saturated rings. The third kappa shape index (κ3) is 3.79. The van der Waals surface area contributed by atoms with Gasteiger partial charge >= 0.3 is 0 Å². The molecule has 128 valence electrons. The topological polar surface area (TPSA) is 46.9 Å². The second-order valence-electron chi connectivity index (χ2n) is 6.41. The van der Waals surface area contributed by atoms with Crippen molar-refractivity contribution in [1.82, 2.24) is 9.55 Å². The van der Waals surface area contributed by atoms with Gasteiger partial charge in [0.05, 0.1) is 0 Å². The first-order chi connectivity index (χ1) is 12.1. The number of anilines is 1. The van der Waals surface area contributed by atoms with Gasteiger partial charge in [-0.25, -0.2) is 4.98 Å². The minimum atomic E-state index is -0.133. The Morgan fingerprint density at radius 2 is 1.84 bits per heavy atom. The van der Waals surface area contributed by atoms with Crippen LogP contribution in [-0.2, 0) is 0 Å². The molecule has 0 bridgehead atoms. The van der Waals surface area contributed by atoms with Crippen molar-refractivity contribution in [2.24, 2.45) is 0 Å². The molecular formula is C21H23N3O. The van der Waals surface area contributed by atoms with Crippen molar-refractivity contribution in [3.8, 4) is 5.69 Å². The molecule has 3 rings (SSSR count). The molecule has 3 aromatic rings. The molecule has 0 aliphatic rings. The molecule has 0 aliphatic carbocycles. The van der Waals surface area contributed by atoms with Gasteiger partial charge in [0.15, 0.2) is 5.82 Å². The van der Waals surface area contributed by atoms with Crippen LogP contribution in [0.3, 0.4) is 0 Å². The molecular weight excluding hydrogens is 310 g/mol. The van der Waals surface area contributed by atoms with Crippen LogP contribution in [0.4, 0.5) is 5.82 Å². The Hall–Kier alpha value is -2.88. The molecule has 0 saturated heterocycles. The SMILES string of the molecule is Cc1ccc(-n2ccnc(NC[C@@H](C)c3ccccc3)c2=O)cc1C. The highest BCUT2D eigenvalue weighted by atomic mass is 16.1. The summed E-state index contributed by atoms with van der Waals surface area (Å²) in [5.41, 5.74) is 4.33. The van der Waals surface area contributed by atoms with E-state index in [9.17, 15) is 4.79 Å². The largest absolute Gasteiger partial charge is 0.365 e. The Labute approximate surface area is 148 Å². The average molecular weight is 333 g/mol. The van der Waals surface area contributed by atoms with E-state index < -0.39 is 0 Å². The van der Waals surface area contributed by atoms with Crippen molar-refractivity contribution in [2.75, 3.05) is 11.9 Å². The molecule has 0 radical (unpaired) electrons. The zero-order valence-electron chi connectivity index (χ0n) is 14.9. The fraction of sp³-hybridized carbons (Fsp3) is 0.238. The van der Waals surface area contributed by atoms with Crippen LogP contribution in [0.25, 0.3) is 5.69 Å². The van der Waals surface area contributed by atoms with E-state index in [1.807, 2.05) is 43.3 Å². The Balaban J connectivity index is 1.82. The van der Waals surface area contributed by atoms with E-state index in [4.69, 9.17) is 0 Å². The number of benzene rings is 2. The van der Waals surface area contributed by atoms with Gasteiger partial charge in [-0.2, -0.15) is 0 Å². The van der Waals surface area contributed by atoms with Crippen molar-refractivity contribution in [1.29, 1.82) is 0 Å². The first kappa shape index (κ1) is 17.0. The summed E-state index contributed by atoms with van der Waals surface area (Å²) in [4.78, 5) is 17.0. The molecule has 1 heterocycles. The normalized spacial score (nSPS) is 12.0. The van der Waals surface area contributed by atoms with E-state index >= 15 is 0 Å². The molecule has 0 spiro atoms. The van der Waals surface area contributed by atoms with E-state index in [1.165, 1.54) is 11.1 Å². The molecule has 1 atom stereocenters. The number of aryl methyl sites for hydroxylation is 2. The standard InChI is InChI=1S/C21H23N3O/c1-15-9-10-19(13-16(15)2)24-12-11-22-20(21(24)25)23-14-17(3)18-7-5-4-6-8-18/h4-13,17H,14H2,1-3H3,(H,22,23)/t17-/m1/s1. The zero-order chi connectivity index (χ0) is 17.8. The molecule has 0 amide bonds. The summed E-state index contributed by atoms with van der Waals surface area (Å²) in [7, 11) is 0. The Morgan fingerprint density at radius 1 is 1.08 bits per heavy atom. The molecule has 25 heavy (non-hydrogen) atoms. The number of aromatic nitrogens is 2. The highest BCUT2D eigenvalue weighted by Crippen LogP contribution is 2.15. The lowest BCUT2D eigenvalue weighted by atomic mass is 10.0. The first-order valence-electron chi connectivity index (χ1n) is 8.50. The molecule has 0 saturated carbocycles. The van der Waals surface area contributed by atoms with Crippen molar-refractivity contribution >= 4 is 5.82 Å². The number of nitrogens with zero attached hydrogens (tertiary/aromatic N) is 2. The van der Waals surface area contributed by atoms with Gasteiger partial charge in [0.1, 0.15) is 0 Å². The Bertz CT molecular complexity index is 916. The van der Waals surface area contributed by atoms with Crippen molar-refractivity contribution < 1.29 is 0 Å². The van der Waals surface area contributed by atoms with Crippen LogP contribution in [0.5, 0.6) is 0 Å². The summed E-state index contributed by atoms with van der Waals surface area (Å²) in [6.07, 6.45) is 3.37. The van der Waals surface area contributed by atoms with Crippen LogP contribution >= 0.6 is 0 Å². The van der Waals surface area contributed by atoms with Crippen LogP contribution in [0, 0.1) is 13.8 Å². The third-order valence-corrected chi connectivity index (χ3v) is 4.55. The molecule has 1 N–H and O–H groups in total. The van der Waals surface area contributed by atoms with Gasteiger partial charge in [0, 0.05) is 24.6 Å². The molecule has 0 aliphatic heterocycles. The van der Waals surface area contributed by atoms with E-state index in [-0.39, 0.29) is 11.5 Å². The molecule has 4 nitrogen and oxygen atoms in total. The van der Waals surface area contributed by atoms with Crippen LogP contribution in [0.15, 0.2) is 65.7 Å². The zero-order valence-corrected chi connectivity index (χ0v) is 14.9. The van der Waals surface area contributed by atoms with Crippen LogP contribution in [-0.4, -0.2) is 16.1 Å². The molecule has 2 aromatic carbocycles. The third-order valence-electron chi connectivity index (χ3n) is 4.55. The first-order valence-corrected chi connectivity index (χ1v) is 8.50. The van der Waals surface area contributed by atoms with Gasteiger partial charge in [-0.1, -0.05) is 43.3 Å². The predicted molar refractivity (Wildman–Crippen MR) is 103 cm³/mol. The summed E-state index contributed by atoms with van der Waals surface area (Å²) >= 11 is 0. The van der Waals surface area contributed by atoms with Gasteiger partial charge in [-0.3, -0.25) is 9.36 Å². The maximum atomic E-state index is 12.8.